The fraction of sp³-hybridized carbons (Fsp3) is 0.250. The van der Waals surface area contributed by atoms with E-state index in [1.165, 1.54) is 16.7 Å². The Morgan fingerprint density at radius 1 is 1.06 bits per heavy atom. The van der Waals surface area contributed by atoms with Crippen LogP contribution in [0.1, 0.15) is 23.6 Å². The Bertz CT molecular complexity index is 534. The molecule has 2 aromatic carbocycles. The fourth-order valence-corrected chi connectivity index (χ4v) is 2.32. The van der Waals surface area contributed by atoms with Crippen molar-refractivity contribution in [2.24, 2.45) is 0 Å². The maximum Gasteiger partial charge on any atom is 0.0410 e. The van der Waals surface area contributed by atoms with Gasteiger partial charge in [-0.05, 0) is 48.2 Å². The first kappa shape index (κ1) is 13.0. The van der Waals surface area contributed by atoms with E-state index in [-0.39, 0.29) is 0 Å². The van der Waals surface area contributed by atoms with Gasteiger partial charge in [-0.25, -0.2) is 0 Å². The minimum absolute atomic E-state index is 0.784. The second-order valence-corrected chi connectivity index (χ2v) is 4.87. The number of hydrogen-bond acceptors (Lipinski definition) is 1. The predicted molar refractivity (Wildman–Crippen MR) is 79.3 cm³/mol. The Morgan fingerprint density at radius 2 is 1.78 bits per heavy atom. The largest absolute Gasteiger partial charge is 0.381 e. The number of aryl methyl sites for hydroxylation is 2. The van der Waals surface area contributed by atoms with Crippen LogP contribution >= 0.6 is 11.6 Å². The molecule has 0 aliphatic rings. The monoisotopic (exact) mass is 259 g/mol. The summed E-state index contributed by atoms with van der Waals surface area (Å²) in [5.41, 5.74) is 5.08. The smallest absolute Gasteiger partial charge is 0.0410 e. The van der Waals surface area contributed by atoms with Gasteiger partial charge in [0.25, 0.3) is 0 Å². The molecule has 1 N–H and O–H groups in total. The molecule has 0 fully saturated rings. The molecule has 2 rings (SSSR count). The molecule has 0 saturated carbocycles. The number of anilines is 1. The van der Waals surface area contributed by atoms with Gasteiger partial charge in [-0.1, -0.05) is 42.8 Å². The molecule has 2 heteroatoms. The Balaban J connectivity index is 2.11. The van der Waals surface area contributed by atoms with E-state index >= 15 is 0 Å². The molecule has 94 valence electrons. The lowest BCUT2D eigenvalue weighted by molar-refractivity contribution is 1.04. The third-order valence-corrected chi connectivity index (χ3v) is 3.39. The number of nitrogens with one attached hydrogen (secondary N) is 1. The summed E-state index contributed by atoms with van der Waals surface area (Å²) in [6.07, 6.45) is 1.07. The molecule has 0 aliphatic heterocycles. The van der Waals surface area contributed by atoms with Crippen LogP contribution in [0, 0.1) is 6.92 Å². The molecule has 0 unspecified atom stereocenters. The van der Waals surface area contributed by atoms with Gasteiger partial charge in [0.05, 0.1) is 0 Å². The standard InChI is InChI=1S/C16H18ClN/c1-3-13-6-4-5-7-14(13)11-18-16-9-8-15(17)10-12(16)2/h4-10,18H,3,11H2,1-2H3. The van der Waals surface area contributed by atoms with Gasteiger partial charge >= 0.3 is 0 Å². The van der Waals surface area contributed by atoms with Crippen LogP contribution in [0.2, 0.25) is 5.02 Å². The summed E-state index contributed by atoms with van der Waals surface area (Å²) in [6, 6.07) is 14.5. The Kier molecular flexibility index (Phi) is 4.27. The molecular formula is C16H18ClN. The molecule has 0 aromatic heterocycles. The highest BCUT2D eigenvalue weighted by atomic mass is 35.5. The van der Waals surface area contributed by atoms with Crippen LogP contribution in [0.4, 0.5) is 5.69 Å². The summed E-state index contributed by atoms with van der Waals surface area (Å²) in [7, 11) is 0. The summed E-state index contributed by atoms with van der Waals surface area (Å²) >= 11 is 5.95. The summed E-state index contributed by atoms with van der Waals surface area (Å²) in [6.45, 7) is 5.11. The van der Waals surface area contributed by atoms with Crippen LogP contribution < -0.4 is 5.32 Å². The lowest BCUT2D eigenvalue weighted by atomic mass is 10.1. The first-order chi connectivity index (χ1) is 8.70. The van der Waals surface area contributed by atoms with Crippen molar-refractivity contribution in [2.75, 3.05) is 5.32 Å². The average molecular weight is 260 g/mol. The van der Waals surface area contributed by atoms with Crippen molar-refractivity contribution in [2.45, 2.75) is 26.8 Å². The molecule has 0 bridgehead atoms. The molecule has 0 spiro atoms. The van der Waals surface area contributed by atoms with Gasteiger partial charge < -0.3 is 5.32 Å². The van der Waals surface area contributed by atoms with Crippen LogP contribution in [0.25, 0.3) is 0 Å². The predicted octanol–water partition coefficient (Wildman–Crippen LogP) is 4.82. The fourth-order valence-electron chi connectivity index (χ4n) is 2.09. The van der Waals surface area contributed by atoms with Crippen molar-refractivity contribution in [3.8, 4) is 0 Å². The van der Waals surface area contributed by atoms with E-state index in [1.54, 1.807) is 0 Å². The first-order valence-corrected chi connectivity index (χ1v) is 6.65. The third-order valence-electron chi connectivity index (χ3n) is 3.16. The van der Waals surface area contributed by atoms with Gasteiger partial charge in [0.2, 0.25) is 0 Å². The van der Waals surface area contributed by atoms with Crippen molar-refractivity contribution in [3.63, 3.8) is 0 Å². The SMILES string of the molecule is CCc1ccccc1CNc1ccc(Cl)cc1C. The molecule has 0 aliphatic carbocycles. The number of halogens is 1. The molecular weight excluding hydrogens is 242 g/mol. The van der Waals surface area contributed by atoms with Crippen LogP contribution in [-0.2, 0) is 13.0 Å². The number of hydrogen-bond donors (Lipinski definition) is 1. The second kappa shape index (κ2) is 5.92. The maximum absolute atomic E-state index is 5.95. The molecule has 0 amide bonds. The second-order valence-electron chi connectivity index (χ2n) is 4.44. The van der Waals surface area contributed by atoms with E-state index in [4.69, 9.17) is 11.6 Å². The van der Waals surface area contributed by atoms with Gasteiger partial charge in [-0.3, -0.25) is 0 Å². The lowest BCUT2D eigenvalue weighted by Gasteiger charge is -2.12. The Morgan fingerprint density at radius 3 is 2.44 bits per heavy atom. The Labute approximate surface area is 114 Å². The summed E-state index contributed by atoms with van der Waals surface area (Å²) in [5, 5.41) is 4.26. The van der Waals surface area contributed by atoms with Crippen molar-refractivity contribution in [3.05, 3.63) is 64.2 Å². The van der Waals surface area contributed by atoms with E-state index in [2.05, 4.69) is 43.4 Å². The normalized spacial score (nSPS) is 10.4. The number of benzene rings is 2. The topological polar surface area (TPSA) is 12.0 Å². The highest BCUT2D eigenvalue weighted by molar-refractivity contribution is 6.30. The zero-order valence-electron chi connectivity index (χ0n) is 10.8. The van der Waals surface area contributed by atoms with Gasteiger partial charge in [0, 0.05) is 17.3 Å². The molecule has 1 nitrogen and oxygen atoms in total. The zero-order chi connectivity index (χ0) is 13.0. The minimum atomic E-state index is 0.784. The highest BCUT2D eigenvalue weighted by Crippen LogP contribution is 2.20. The number of rotatable bonds is 4. The molecule has 2 aromatic rings. The minimum Gasteiger partial charge on any atom is -0.381 e. The van der Waals surface area contributed by atoms with E-state index < -0.39 is 0 Å². The zero-order valence-corrected chi connectivity index (χ0v) is 11.6. The third kappa shape index (κ3) is 3.05. The van der Waals surface area contributed by atoms with E-state index in [0.717, 1.165) is 23.7 Å². The van der Waals surface area contributed by atoms with Gasteiger partial charge in [0.1, 0.15) is 0 Å². The maximum atomic E-state index is 5.95. The molecule has 18 heavy (non-hydrogen) atoms. The molecule has 0 radical (unpaired) electrons. The van der Waals surface area contributed by atoms with Crippen molar-refractivity contribution in [1.29, 1.82) is 0 Å². The van der Waals surface area contributed by atoms with Crippen LogP contribution in [0.5, 0.6) is 0 Å². The molecule has 0 heterocycles. The van der Waals surface area contributed by atoms with Crippen molar-refractivity contribution >= 4 is 17.3 Å². The van der Waals surface area contributed by atoms with Gasteiger partial charge in [-0.15, -0.1) is 0 Å². The van der Waals surface area contributed by atoms with E-state index in [1.807, 2.05) is 18.2 Å². The first-order valence-electron chi connectivity index (χ1n) is 6.27. The van der Waals surface area contributed by atoms with Crippen LogP contribution in [0.15, 0.2) is 42.5 Å². The summed E-state index contributed by atoms with van der Waals surface area (Å²) in [4.78, 5) is 0. The molecule has 0 atom stereocenters. The van der Waals surface area contributed by atoms with E-state index in [0.29, 0.717) is 0 Å². The lowest BCUT2D eigenvalue weighted by Crippen LogP contribution is -2.03. The van der Waals surface area contributed by atoms with Crippen molar-refractivity contribution < 1.29 is 0 Å². The van der Waals surface area contributed by atoms with Crippen LogP contribution in [0.3, 0.4) is 0 Å². The average Bonchev–Trinajstić information content (AvgIpc) is 2.38. The Hall–Kier alpha value is -1.47. The van der Waals surface area contributed by atoms with Crippen molar-refractivity contribution in [1.82, 2.24) is 0 Å². The highest BCUT2D eigenvalue weighted by Gasteiger charge is 2.02. The van der Waals surface area contributed by atoms with Gasteiger partial charge in [0.15, 0.2) is 0 Å². The molecule has 0 saturated heterocycles. The van der Waals surface area contributed by atoms with Crippen LogP contribution in [-0.4, -0.2) is 0 Å². The summed E-state index contributed by atoms with van der Waals surface area (Å²) in [5.74, 6) is 0. The van der Waals surface area contributed by atoms with Gasteiger partial charge in [-0.2, -0.15) is 0 Å². The quantitative estimate of drug-likeness (QED) is 0.830. The summed E-state index contributed by atoms with van der Waals surface area (Å²) < 4.78 is 0. The van der Waals surface area contributed by atoms with E-state index in [9.17, 15) is 0 Å².